The molecule has 2 aromatic carbocycles. The van der Waals surface area contributed by atoms with Gasteiger partial charge in [0.1, 0.15) is 5.75 Å². The van der Waals surface area contributed by atoms with Gasteiger partial charge in [-0.05, 0) is 29.7 Å². The zero-order valence-electron chi connectivity index (χ0n) is 10.7. The smallest absolute Gasteiger partial charge is 0.311 e. The molecule has 0 spiro atoms. The minimum absolute atomic E-state index is 0.476. The van der Waals surface area contributed by atoms with Crippen molar-refractivity contribution in [1.82, 2.24) is 0 Å². The first kappa shape index (κ1) is 13.1. The van der Waals surface area contributed by atoms with Crippen LogP contribution in [0.25, 0.3) is 0 Å². The topological polar surface area (TPSA) is 46.5 Å². The van der Waals surface area contributed by atoms with E-state index in [0.717, 1.165) is 11.1 Å². The van der Waals surface area contributed by atoms with Crippen LogP contribution in [0, 0.1) is 0 Å². The Bertz CT molecular complexity index is 549. The Hall–Kier alpha value is -2.29. The number of carbonyl (C=O) groups is 1. The number of benzene rings is 2. The first-order valence-electron chi connectivity index (χ1n) is 6.11. The quantitative estimate of drug-likeness (QED) is 0.894. The molecule has 2 aromatic rings. The molecular weight excluding hydrogens is 240 g/mol. The second kappa shape index (κ2) is 6.05. The van der Waals surface area contributed by atoms with Crippen LogP contribution in [-0.2, 0) is 11.2 Å². The number of carboxylic acid groups (broad SMARTS) is 1. The van der Waals surface area contributed by atoms with Crippen LogP contribution < -0.4 is 4.74 Å². The van der Waals surface area contributed by atoms with Crippen LogP contribution in [0.3, 0.4) is 0 Å². The summed E-state index contributed by atoms with van der Waals surface area (Å²) in [7, 11) is 1.58. The summed E-state index contributed by atoms with van der Waals surface area (Å²) in [6.45, 7) is 0. The highest BCUT2D eigenvalue weighted by atomic mass is 16.5. The normalized spacial score (nSPS) is 11.8. The molecule has 0 aliphatic heterocycles. The average molecular weight is 256 g/mol. The molecule has 0 saturated carbocycles. The molecule has 3 heteroatoms. The summed E-state index contributed by atoms with van der Waals surface area (Å²) < 4.78 is 5.14. The molecule has 0 radical (unpaired) electrons. The summed E-state index contributed by atoms with van der Waals surface area (Å²) in [5, 5.41) is 9.41. The predicted molar refractivity (Wildman–Crippen MR) is 73.5 cm³/mol. The molecule has 0 heterocycles. The Kier molecular flexibility index (Phi) is 4.18. The molecule has 2 rings (SSSR count). The van der Waals surface area contributed by atoms with E-state index in [2.05, 4.69) is 0 Å². The maximum absolute atomic E-state index is 11.5. The molecule has 0 fully saturated rings. The Morgan fingerprint density at radius 2 is 1.89 bits per heavy atom. The summed E-state index contributed by atoms with van der Waals surface area (Å²) in [5.41, 5.74) is 1.77. The third-order valence-corrected chi connectivity index (χ3v) is 3.08. The van der Waals surface area contributed by atoms with Crippen molar-refractivity contribution in [3.05, 3.63) is 65.7 Å². The lowest BCUT2D eigenvalue weighted by Gasteiger charge is -2.13. The Morgan fingerprint density at radius 1 is 1.16 bits per heavy atom. The minimum Gasteiger partial charge on any atom is -0.497 e. The van der Waals surface area contributed by atoms with Crippen LogP contribution in [0.5, 0.6) is 5.75 Å². The van der Waals surface area contributed by atoms with E-state index < -0.39 is 11.9 Å². The van der Waals surface area contributed by atoms with Gasteiger partial charge in [0.15, 0.2) is 0 Å². The molecule has 98 valence electrons. The van der Waals surface area contributed by atoms with E-state index in [1.807, 2.05) is 48.5 Å². The van der Waals surface area contributed by atoms with E-state index in [4.69, 9.17) is 4.74 Å². The van der Waals surface area contributed by atoms with Crippen LogP contribution in [0.1, 0.15) is 17.0 Å². The van der Waals surface area contributed by atoms with E-state index in [9.17, 15) is 9.90 Å². The van der Waals surface area contributed by atoms with E-state index in [-0.39, 0.29) is 0 Å². The fourth-order valence-electron chi connectivity index (χ4n) is 2.06. The molecule has 1 atom stereocenters. The van der Waals surface area contributed by atoms with E-state index in [1.165, 1.54) is 0 Å². The van der Waals surface area contributed by atoms with Crippen molar-refractivity contribution in [2.24, 2.45) is 0 Å². The van der Waals surface area contributed by atoms with Gasteiger partial charge in [-0.2, -0.15) is 0 Å². The number of carboxylic acids is 1. The lowest BCUT2D eigenvalue weighted by Crippen LogP contribution is -2.14. The molecule has 0 aromatic heterocycles. The Balaban J connectivity index is 2.27. The summed E-state index contributed by atoms with van der Waals surface area (Å²) >= 11 is 0. The van der Waals surface area contributed by atoms with E-state index >= 15 is 0 Å². The van der Waals surface area contributed by atoms with Crippen LogP contribution in [0.4, 0.5) is 0 Å². The van der Waals surface area contributed by atoms with E-state index in [0.29, 0.717) is 12.2 Å². The number of hydrogen-bond donors (Lipinski definition) is 1. The van der Waals surface area contributed by atoms with Crippen LogP contribution in [-0.4, -0.2) is 18.2 Å². The monoisotopic (exact) mass is 256 g/mol. The fraction of sp³-hybridized carbons (Fsp3) is 0.188. The second-order valence-electron chi connectivity index (χ2n) is 4.36. The molecule has 0 aliphatic carbocycles. The van der Waals surface area contributed by atoms with Crippen molar-refractivity contribution in [1.29, 1.82) is 0 Å². The number of hydrogen-bond acceptors (Lipinski definition) is 2. The van der Waals surface area contributed by atoms with Crippen LogP contribution in [0.2, 0.25) is 0 Å². The van der Waals surface area contributed by atoms with Crippen molar-refractivity contribution in [2.45, 2.75) is 12.3 Å². The first-order valence-corrected chi connectivity index (χ1v) is 6.11. The third kappa shape index (κ3) is 3.35. The van der Waals surface area contributed by atoms with Crippen LogP contribution in [0.15, 0.2) is 54.6 Å². The minimum atomic E-state index is -0.822. The van der Waals surface area contributed by atoms with Gasteiger partial charge < -0.3 is 9.84 Å². The molecule has 0 bridgehead atoms. The van der Waals surface area contributed by atoms with Crippen molar-refractivity contribution < 1.29 is 14.6 Å². The molecule has 19 heavy (non-hydrogen) atoms. The lowest BCUT2D eigenvalue weighted by atomic mass is 9.92. The highest BCUT2D eigenvalue weighted by Crippen LogP contribution is 2.24. The van der Waals surface area contributed by atoms with Gasteiger partial charge in [0.2, 0.25) is 0 Å². The van der Waals surface area contributed by atoms with Gasteiger partial charge in [0, 0.05) is 0 Å². The highest BCUT2D eigenvalue weighted by molar-refractivity contribution is 5.76. The average Bonchev–Trinajstić information content (AvgIpc) is 2.45. The maximum atomic E-state index is 11.5. The fourth-order valence-corrected chi connectivity index (χ4v) is 2.06. The zero-order chi connectivity index (χ0) is 13.7. The predicted octanol–water partition coefficient (Wildman–Crippen LogP) is 3.11. The van der Waals surface area contributed by atoms with Gasteiger partial charge in [-0.1, -0.05) is 42.5 Å². The van der Waals surface area contributed by atoms with Gasteiger partial charge in [-0.3, -0.25) is 4.79 Å². The number of aliphatic carboxylic acids is 1. The summed E-state index contributed by atoms with van der Waals surface area (Å²) in [4.78, 5) is 11.5. The Morgan fingerprint density at radius 3 is 2.53 bits per heavy atom. The highest BCUT2D eigenvalue weighted by Gasteiger charge is 2.20. The van der Waals surface area contributed by atoms with Gasteiger partial charge in [-0.15, -0.1) is 0 Å². The Labute approximate surface area is 112 Å². The van der Waals surface area contributed by atoms with Crippen molar-refractivity contribution in [3.8, 4) is 5.75 Å². The van der Waals surface area contributed by atoms with Crippen LogP contribution >= 0.6 is 0 Å². The summed E-state index contributed by atoms with van der Waals surface area (Å²) in [6, 6.07) is 16.9. The molecule has 0 saturated heterocycles. The SMILES string of the molecule is COc1cccc([C@@H](Cc2ccccc2)C(=O)O)c1. The standard InChI is InChI=1S/C16H16O3/c1-19-14-9-5-8-13(11-14)15(16(17)18)10-12-6-3-2-4-7-12/h2-9,11,15H,10H2,1H3,(H,17,18)/t15-/m1/s1. The maximum Gasteiger partial charge on any atom is 0.311 e. The second-order valence-corrected chi connectivity index (χ2v) is 4.36. The van der Waals surface area contributed by atoms with Crippen molar-refractivity contribution >= 4 is 5.97 Å². The summed E-state index contributed by atoms with van der Waals surface area (Å²) in [6.07, 6.45) is 0.476. The molecule has 0 amide bonds. The molecular formula is C16H16O3. The van der Waals surface area contributed by atoms with Crippen molar-refractivity contribution in [2.75, 3.05) is 7.11 Å². The first-order chi connectivity index (χ1) is 9.20. The largest absolute Gasteiger partial charge is 0.497 e. The van der Waals surface area contributed by atoms with E-state index in [1.54, 1.807) is 13.2 Å². The van der Waals surface area contributed by atoms with Gasteiger partial charge >= 0.3 is 5.97 Å². The molecule has 0 aliphatic rings. The number of methoxy groups -OCH3 is 1. The number of ether oxygens (including phenoxy) is 1. The van der Waals surface area contributed by atoms with Gasteiger partial charge in [0.25, 0.3) is 0 Å². The van der Waals surface area contributed by atoms with Gasteiger partial charge in [0.05, 0.1) is 13.0 Å². The number of rotatable bonds is 5. The summed E-state index contributed by atoms with van der Waals surface area (Å²) in [5.74, 6) is -0.702. The lowest BCUT2D eigenvalue weighted by molar-refractivity contribution is -0.138. The molecule has 1 N–H and O–H groups in total. The van der Waals surface area contributed by atoms with Gasteiger partial charge in [-0.25, -0.2) is 0 Å². The van der Waals surface area contributed by atoms with Crippen molar-refractivity contribution in [3.63, 3.8) is 0 Å². The molecule has 3 nitrogen and oxygen atoms in total. The third-order valence-electron chi connectivity index (χ3n) is 3.08. The molecule has 0 unspecified atom stereocenters. The zero-order valence-corrected chi connectivity index (χ0v) is 10.7.